The first kappa shape index (κ1) is 32.9. The quantitative estimate of drug-likeness (QED) is 0.252. The van der Waals surface area contributed by atoms with Gasteiger partial charge in [0.15, 0.2) is 9.84 Å². The fourth-order valence-corrected chi connectivity index (χ4v) is 8.08. The van der Waals surface area contributed by atoms with Crippen LogP contribution in [0.5, 0.6) is 5.88 Å². The lowest BCUT2D eigenvalue weighted by Gasteiger charge is -2.30. The fourth-order valence-electron chi connectivity index (χ4n) is 6.90. The Labute approximate surface area is 268 Å². The highest BCUT2D eigenvalue weighted by Gasteiger charge is 2.55. The number of hydrogen-bond acceptors (Lipinski definition) is 7. The van der Waals surface area contributed by atoms with Gasteiger partial charge in [-0.1, -0.05) is 11.6 Å². The topological polar surface area (TPSA) is 144 Å². The molecule has 4 atom stereocenters. The highest BCUT2D eigenvalue weighted by Crippen LogP contribution is 2.54. The molecule has 1 aromatic carbocycles. The van der Waals surface area contributed by atoms with Gasteiger partial charge in [0.1, 0.15) is 11.4 Å². The number of nitrogens with zero attached hydrogens (tertiary/aromatic N) is 1. The molecule has 10 nitrogen and oxygen atoms in total. The van der Waals surface area contributed by atoms with Gasteiger partial charge >= 0.3 is 6.18 Å². The predicted molar refractivity (Wildman–Crippen MR) is 162 cm³/mol. The maximum absolute atomic E-state index is 13.9. The van der Waals surface area contributed by atoms with Crippen LogP contribution < -0.4 is 20.7 Å². The van der Waals surface area contributed by atoms with Crippen molar-refractivity contribution in [3.63, 3.8) is 0 Å². The molecule has 4 saturated carbocycles. The Kier molecular flexibility index (Phi) is 8.33. The summed E-state index contributed by atoms with van der Waals surface area (Å²) in [5, 5.41) is 8.05. The van der Waals surface area contributed by atoms with Gasteiger partial charge in [0.05, 0.1) is 28.9 Å². The molecular formula is C32H34F4N4O6S. The van der Waals surface area contributed by atoms with Crippen molar-refractivity contribution >= 4 is 33.2 Å². The first-order valence-electron chi connectivity index (χ1n) is 15.3. The summed E-state index contributed by atoms with van der Waals surface area (Å²) in [7, 11) is -2.09. The Hall–Kier alpha value is -4.01. The van der Waals surface area contributed by atoms with E-state index in [1.54, 1.807) is 0 Å². The molecule has 3 N–H and O–H groups in total. The average Bonchev–Trinajstić information content (AvgIpc) is 3.93. The molecule has 2 bridgehead atoms. The van der Waals surface area contributed by atoms with E-state index in [9.17, 15) is 40.4 Å². The summed E-state index contributed by atoms with van der Waals surface area (Å²) in [5.41, 5.74) is -0.792. The van der Waals surface area contributed by atoms with Crippen LogP contribution in [0.2, 0.25) is 0 Å². The Bertz CT molecular complexity index is 1770. The highest BCUT2D eigenvalue weighted by molar-refractivity contribution is 7.92. The third-order valence-electron chi connectivity index (χ3n) is 9.81. The second-order valence-corrected chi connectivity index (χ2v) is 15.3. The molecule has 4 fully saturated rings. The first-order chi connectivity index (χ1) is 22.1. The van der Waals surface area contributed by atoms with Crippen molar-refractivity contribution in [2.75, 3.05) is 25.2 Å². The highest BCUT2D eigenvalue weighted by atomic mass is 32.2. The summed E-state index contributed by atoms with van der Waals surface area (Å²) in [4.78, 5) is 44.6. The van der Waals surface area contributed by atoms with Gasteiger partial charge in [-0.15, -0.1) is 0 Å². The summed E-state index contributed by atoms with van der Waals surface area (Å²) in [6.45, 7) is -0.0885. The number of carbonyl (C=O) groups excluding carboxylic acids is 3. The van der Waals surface area contributed by atoms with Gasteiger partial charge in [-0.25, -0.2) is 17.8 Å². The number of halogens is 4. The number of ether oxygens (including phenoxy) is 1. The van der Waals surface area contributed by atoms with Gasteiger partial charge < -0.3 is 20.7 Å². The number of amides is 3. The molecule has 4 aliphatic carbocycles. The molecule has 47 heavy (non-hydrogen) atoms. The largest absolute Gasteiger partial charge is 0.480 e. The number of hydrogen-bond donors (Lipinski definition) is 3. The van der Waals surface area contributed by atoms with Crippen LogP contribution in [0, 0.1) is 29.5 Å². The maximum Gasteiger partial charge on any atom is 0.419 e. The summed E-state index contributed by atoms with van der Waals surface area (Å²) < 4.78 is 82.5. The maximum atomic E-state index is 13.9. The van der Waals surface area contributed by atoms with Gasteiger partial charge in [0.25, 0.3) is 11.8 Å². The van der Waals surface area contributed by atoms with Crippen LogP contribution in [0.3, 0.4) is 0 Å². The number of rotatable bonds is 10. The number of benzene rings is 1. The Morgan fingerprint density at radius 2 is 1.77 bits per heavy atom. The number of fused-ring (bicyclic) bond motifs is 2. The molecule has 0 spiro atoms. The summed E-state index contributed by atoms with van der Waals surface area (Å²) in [6.07, 6.45) is 3.73. The molecule has 0 saturated heterocycles. The minimum absolute atomic E-state index is 0.00594. The second-order valence-electron chi connectivity index (χ2n) is 12.9. The predicted octanol–water partition coefficient (Wildman–Crippen LogP) is 4.28. The van der Waals surface area contributed by atoms with Crippen LogP contribution >= 0.6 is 0 Å². The van der Waals surface area contributed by atoms with Crippen LogP contribution in [-0.2, 0) is 20.8 Å². The Morgan fingerprint density at radius 3 is 2.38 bits per heavy atom. The molecule has 6 rings (SSSR count). The zero-order valence-corrected chi connectivity index (χ0v) is 26.4. The van der Waals surface area contributed by atoms with Crippen molar-refractivity contribution in [2.24, 2.45) is 23.7 Å². The van der Waals surface area contributed by atoms with Crippen molar-refractivity contribution in [1.82, 2.24) is 15.6 Å². The molecule has 3 amide bonds. The van der Waals surface area contributed by atoms with Gasteiger partial charge in [0.2, 0.25) is 11.8 Å². The number of methoxy groups -OCH3 is 1. The SMILES string of the molecule is COc1ncc(C(=O)NCC2(S(C)(=O)=O)CC2)cc1C(=O)N[C@H]1[C@H](C(=O)Nc2ccc(F)c(C(F)(F)F)c2)[C@H]2CC[C@@H]1/C2=C\C1CC1. The third kappa shape index (κ3) is 6.46. The first-order valence-corrected chi connectivity index (χ1v) is 17.2. The van der Waals surface area contributed by atoms with E-state index in [-0.39, 0.29) is 41.1 Å². The molecule has 0 unspecified atom stereocenters. The van der Waals surface area contributed by atoms with E-state index in [0.717, 1.165) is 30.7 Å². The number of pyridine rings is 1. The van der Waals surface area contributed by atoms with Gasteiger partial charge in [0, 0.05) is 36.6 Å². The lowest BCUT2D eigenvalue weighted by atomic mass is 9.83. The van der Waals surface area contributed by atoms with Crippen molar-refractivity contribution in [2.45, 2.75) is 55.5 Å². The summed E-state index contributed by atoms with van der Waals surface area (Å²) in [6, 6.07) is 2.78. The molecule has 252 valence electrons. The molecule has 4 aliphatic rings. The van der Waals surface area contributed by atoms with E-state index in [0.29, 0.717) is 43.7 Å². The number of aromatic nitrogens is 1. The van der Waals surface area contributed by atoms with E-state index >= 15 is 0 Å². The molecule has 2 aromatic rings. The second kappa shape index (κ2) is 11.9. The van der Waals surface area contributed by atoms with Crippen molar-refractivity contribution in [3.8, 4) is 5.88 Å². The number of nitrogens with one attached hydrogen (secondary N) is 3. The average molecular weight is 679 g/mol. The van der Waals surface area contributed by atoms with E-state index in [4.69, 9.17) is 4.74 Å². The minimum atomic E-state index is -4.96. The number of anilines is 1. The lowest BCUT2D eigenvalue weighted by molar-refractivity contribution is -0.140. The van der Waals surface area contributed by atoms with Gasteiger partial charge in [-0.05, 0) is 74.6 Å². The standard InChI is InChI=1S/C32H34F4N4O6S/c1-46-30-22(12-17(14-37-30)27(41)38-15-31(9-10-31)47(2,44)45)28(42)40-26-20-7-6-19(21(20)11-16-3-4-16)25(26)29(43)39-18-5-8-24(33)23(13-18)32(34,35)36/h5,8,11-14,16,19-20,25-26H,3-4,6-7,9-10,15H2,1-2H3,(H,38,41)(H,39,43)(H,40,42)/b21-11-/t19-,20+,25+,26+/m0/s1. The molecule has 1 aromatic heterocycles. The van der Waals surface area contributed by atoms with Crippen molar-refractivity contribution < 1.29 is 45.1 Å². The number of alkyl halides is 3. The monoisotopic (exact) mass is 678 g/mol. The van der Waals surface area contributed by atoms with Crippen LogP contribution in [-0.4, -0.2) is 61.8 Å². The number of carbonyl (C=O) groups is 3. The third-order valence-corrected chi connectivity index (χ3v) is 11.9. The summed E-state index contributed by atoms with van der Waals surface area (Å²) in [5.74, 6) is -4.39. The van der Waals surface area contributed by atoms with Gasteiger partial charge in [-0.2, -0.15) is 13.2 Å². The molecule has 1 heterocycles. The zero-order chi connectivity index (χ0) is 33.9. The van der Waals surface area contributed by atoms with Crippen molar-refractivity contribution in [1.29, 1.82) is 0 Å². The fraction of sp³-hybridized carbons (Fsp3) is 0.500. The lowest BCUT2D eigenvalue weighted by Crippen LogP contribution is -2.48. The number of allylic oxidation sites excluding steroid dienone is 1. The Balaban J connectivity index is 1.24. The van der Waals surface area contributed by atoms with E-state index < -0.39 is 61.8 Å². The van der Waals surface area contributed by atoms with Crippen LogP contribution in [0.4, 0.5) is 23.2 Å². The molecule has 15 heteroatoms. The molecule has 0 aliphatic heterocycles. The van der Waals surface area contributed by atoms with E-state index in [1.165, 1.54) is 19.4 Å². The number of sulfone groups is 1. The van der Waals surface area contributed by atoms with Crippen LogP contribution in [0.1, 0.15) is 64.8 Å². The normalized spacial score (nSPS) is 25.4. The molecule has 0 radical (unpaired) electrons. The smallest absolute Gasteiger partial charge is 0.419 e. The van der Waals surface area contributed by atoms with Crippen LogP contribution in [0.15, 0.2) is 42.1 Å². The molecular weight excluding hydrogens is 644 g/mol. The van der Waals surface area contributed by atoms with E-state index in [1.807, 2.05) is 0 Å². The zero-order valence-electron chi connectivity index (χ0n) is 25.6. The van der Waals surface area contributed by atoms with Crippen LogP contribution in [0.25, 0.3) is 0 Å². The summed E-state index contributed by atoms with van der Waals surface area (Å²) >= 11 is 0. The Morgan fingerprint density at radius 1 is 1.06 bits per heavy atom. The minimum Gasteiger partial charge on any atom is -0.480 e. The van der Waals surface area contributed by atoms with Crippen molar-refractivity contribution in [3.05, 3.63) is 64.6 Å². The van der Waals surface area contributed by atoms with Gasteiger partial charge in [-0.3, -0.25) is 14.4 Å². The van der Waals surface area contributed by atoms with E-state index in [2.05, 4.69) is 27.0 Å².